The van der Waals surface area contributed by atoms with Crippen molar-refractivity contribution in [3.05, 3.63) is 54.1 Å². The number of nitrogens with zero attached hydrogens (tertiary/aromatic N) is 1. The van der Waals surface area contributed by atoms with Gasteiger partial charge in [-0.15, -0.1) is 17.9 Å². The van der Waals surface area contributed by atoms with E-state index in [9.17, 15) is 0 Å². The Morgan fingerprint density at radius 2 is 2.12 bits per heavy atom. The lowest BCUT2D eigenvalue weighted by Gasteiger charge is -1.97. The van der Waals surface area contributed by atoms with Crippen LogP contribution in [-0.4, -0.2) is 11.5 Å². The van der Waals surface area contributed by atoms with Crippen LogP contribution in [0.1, 0.15) is 5.69 Å². The summed E-state index contributed by atoms with van der Waals surface area (Å²) in [4.78, 5) is 4.57. The summed E-state index contributed by atoms with van der Waals surface area (Å²) in [6.45, 7) is 5.28. The lowest BCUT2D eigenvalue weighted by atomic mass is 10.2. The number of rotatable bonds is 5. The van der Waals surface area contributed by atoms with Crippen molar-refractivity contribution in [1.82, 2.24) is 10.3 Å². The molecule has 0 saturated carbocycles. The molecular formula is C13H14N2S. The normalized spacial score (nSPS) is 10.2. The average molecular weight is 230 g/mol. The van der Waals surface area contributed by atoms with Crippen LogP contribution in [0.15, 0.2) is 48.4 Å². The molecule has 82 valence electrons. The second-order valence-corrected chi connectivity index (χ2v) is 4.29. The van der Waals surface area contributed by atoms with Crippen LogP contribution in [0.3, 0.4) is 0 Å². The van der Waals surface area contributed by atoms with Crippen LogP contribution in [-0.2, 0) is 6.54 Å². The van der Waals surface area contributed by atoms with Gasteiger partial charge < -0.3 is 5.32 Å². The largest absolute Gasteiger partial charge is 0.308 e. The molecule has 0 radical (unpaired) electrons. The molecule has 0 spiro atoms. The molecule has 1 heterocycles. The van der Waals surface area contributed by atoms with E-state index in [1.165, 1.54) is 5.56 Å². The minimum Gasteiger partial charge on any atom is -0.308 e. The second kappa shape index (κ2) is 5.58. The van der Waals surface area contributed by atoms with Gasteiger partial charge in [-0.25, -0.2) is 4.98 Å². The molecule has 0 fully saturated rings. The molecule has 0 aliphatic rings. The fourth-order valence-corrected chi connectivity index (χ4v) is 2.23. The zero-order chi connectivity index (χ0) is 11.2. The van der Waals surface area contributed by atoms with E-state index >= 15 is 0 Å². The number of benzene rings is 1. The highest BCUT2D eigenvalue weighted by molar-refractivity contribution is 7.13. The number of aromatic nitrogens is 1. The summed E-state index contributed by atoms with van der Waals surface area (Å²) in [5, 5.41) is 6.42. The van der Waals surface area contributed by atoms with Crippen LogP contribution in [0.25, 0.3) is 10.6 Å². The first-order valence-electron chi connectivity index (χ1n) is 5.21. The average Bonchev–Trinajstić information content (AvgIpc) is 2.79. The van der Waals surface area contributed by atoms with Crippen LogP contribution >= 0.6 is 11.3 Å². The van der Waals surface area contributed by atoms with Crippen molar-refractivity contribution in [2.45, 2.75) is 6.54 Å². The molecule has 2 nitrogen and oxygen atoms in total. The quantitative estimate of drug-likeness (QED) is 0.630. The Labute approximate surface area is 99.7 Å². The second-order valence-electron chi connectivity index (χ2n) is 3.43. The van der Waals surface area contributed by atoms with Crippen molar-refractivity contribution in [1.29, 1.82) is 0 Å². The Bertz CT molecular complexity index is 448. The molecule has 2 rings (SSSR count). The van der Waals surface area contributed by atoms with Gasteiger partial charge in [0, 0.05) is 24.0 Å². The maximum atomic E-state index is 4.57. The monoisotopic (exact) mass is 230 g/mol. The van der Waals surface area contributed by atoms with Crippen molar-refractivity contribution in [2.75, 3.05) is 6.54 Å². The zero-order valence-electron chi connectivity index (χ0n) is 9.02. The lowest BCUT2D eigenvalue weighted by molar-refractivity contribution is 0.746. The summed E-state index contributed by atoms with van der Waals surface area (Å²) in [7, 11) is 0. The van der Waals surface area contributed by atoms with Gasteiger partial charge in [0.1, 0.15) is 5.01 Å². The molecular weight excluding hydrogens is 216 g/mol. The summed E-state index contributed by atoms with van der Waals surface area (Å²) < 4.78 is 0. The van der Waals surface area contributed by atoms with Gasteiger partial charge in [0.15, 0.2) is 0 Å². The van der Waals surface area contributed by atoms with Crippen molar-refractivity contribution in [2.24, 2.45) is 0 Å². The molecule has 2 aromatic rings. The number of nitrogens with one attached hydrogen (secondary N) is 1. The summed E-state index contributed by atoms with van der Waals surface area (Å²) in [6.07, 6.45) is 1.85. The maximum absolute atomic E-state index is 4.57. The molecule has 3 heteroatoms. The van der Waals surface area contributed by atoms with Crippen LogP contribution in [0.5, 0.6) is 0 Å². The molecule has 16 heavy (non-hydrogen) atoms. The molecule has 1 N–H and O–H groups in total. The summed E-state index contributed by atoms with van der Waals surface area (Å²) in [5.74, 6) is 0. The van der Waals surface area contributed by atoms with Gasteiger partial charge >= 0.3 is 0 Å². The van der Waals surface area contributed by atoms with E-state index in [1.54, 1.807) is 11.3 Å². The van der Waals surface area contributed by atoms with Crippen molar-refractivity contribution in [3.8, 4) is 10.6 Å². The van der Waals surface area contributed by atoms with Crippen molar-refractivity contribution < 1.29 is 0 Å². The Hall–Kier alpha value is -1.45. The predicted octanol–water partition coefficient (Wildman–Crippen LogP) is 3.09. The SMILES string of the molecule is C=CCNCc1csc(-c2ccccc2)n1. The molecule has 0 saturated heterocycles. The van der Waals surface area contributed by atoms with E-state index in [0.717, 1.165) is 23.8 Å². The summed E-state index contributed by atoms with van der Waals surface area (Å²) in [5.41, 5.74) is 2.27. The van der Waals surface area contributed by atoms with Gasteiger partial charge in [0.25, 0.3) is 0 Å². The number of thiazole rings is 1. The fourth-order valence-electron chi connectivity index (χ4n) is 1.40. The minimum atomic E-state index is 0.801. The summed E-state index contributed by atoms with van der Waals surface area (Å²) in [6, 6.07) is 10.3. The highest BCUT2D eigenvalue weighted by atomic mass is 32.1. The molecule has 0 amide bonds. The third kappa shape index (κ3) is 2.78. The van der Waals surface area contributed by atoms with Crippen LogP contribution in [0.4, 0.5) is 0 Å². The van der Waals surface area contributed by atoms with Gasteiger partial charge in [-0.1, -0.05) is 36.4 Å². The predicted molar refractivity (Wildman–Crippen MR) is 69.5 cm³/mol. The Kier molecular flexibility index (Phi) is 3.86. The molecule has 0 aliphatic carbocycles. The topological polar surface area (TPSA) is 24.9 Å². The van der Waals surface area contributed by atoms with Gasteiger partial charge in [-0.3, -0.25) is 0 Å². The first-order chi connectivity index (χ1) is 7.90. The van der Waals surface area contributed by atoms with E-state index in [0.29, 0.717) is 0 Å². The fraction of sp³-hybridized carbons (Fsp3) is 0.154. The molecule has 1 aromatic heterocycles. The van der Waals surface area contributed by atoms with Crippen molar-refractivity contribution >= 4 is 11.3 Å². The highest BCUT2D eigenvalue weighted by Gasteiger charge is 2.02. The van der Waals surface area contributed by atoms with E-state index < -0.39 is 0 Å². The van der Waals surface area contributed by atoms with E-state index in [1.807, 2.05) is 24.3 Å². The Balaban J connectivity index is 2.05. The molecule has 0 aliphatic heterocycles. The zero-order valence-corrected chi connectivity index (χ0v) is 9.83. The number of hydrogen-bond acceptors (Lipinski definition) is 3. The summed E-state index contributed by atoms with van der Waals surface area (Å²) >= 11 is 1.68. The lowest BCUT2D eigenvalue weighted by Crippen LogP contribution is -2.12. The highest BCUT2D eigenvalue weighted by Crippen LogP contribution is 2.22. The van der Waals surface area contributed by atoms with Gasteiger partial charge in [-0.2, -0.15) is 0 Å². The Morgan fingerprint density at radius 1 is 1.31 bits per heavy atom. The third-order valence-electron chi connectivity index (χ3n) is 2.17. The smallest absolute Gasteiger partial charge is 0.123 e. The van der Waals surface area contributed by atoms with Gasteiger partial charge in [0.2, 0.25) is 0 Å². The third-order valence-corrected chi connectivity index (χ3v) is 3.11. The van der Waals surface area contributed by atoms with Gasteiger partial charge in [-0.05, 0) is 0 Å². The first-order valence-corrected chi connectivity index (χ1v) is 6.09. The standard InChI is InChI=1S/C13H14N2S/c1-2-8-14-9-12-10-16-13(15-12)11-6-4-3-5-7-11/h2-7,10,14H,1,8-9H2. The van der Waals surface area contributed by atoms with E-state index in [-0.39, 0.29) is 0 Å². The maximum Gasteiger partial charge on any atom is 0.123 e. The Morgan fingerprint density at radius 3 is 2.88 bits per heavy atom. The van der Waals surface area contributed by atoms with E-state index in [4.69, 9.17) is 0 Å². The van der Waals surface area contributed by atoms with Crippen LogP contribution < -0.4 is 5.32 Å². The first kappa shape index (κ1) is 11.0. The van der Waals surface area contributed by atoms with Crippen LogP contribution in [0.2, 0.25) is 0 Å². The number of hydrogen-bond donors (Lipinski definition) is 1. The molecule has 0 unspecified atom stereocenters. The molecule has 1 aromatic carbocycles. The molecule has 0 bridgehead atoms. The van der Waals surface area contributed by atoms with Crippen molar-refractivity contribution in [3.63, 3.8) is 0 Å². The molecule has 0 atom stereocenters. The van der Waals surface area contributed by atoms with Crippen LogP contribution in [0, 0.1) is 0 Å². The van der Waals surface area contributed by atoms with E-state index in [2.05, 4.69) is 34.4 Å². The minimum absolute atomic E-state index is 0.801. The van der Waals surface area contributed by atoms with Gasteiger partial charge in [0.05, 0.1) is 5.69 Å².